The number of esters is 1. The molecule has 6 nitrogen and oxygen atoms in total. The molecule has 22 heavy (non-hydrogen) atoms. The van der Waals surface area contributed by atoms with Crippen molar-refractivity contribution < 1.29 is 19.1 Å². The number of ether oxygens (including phenoxy) is 2. The van der Waals surface area contributed by atoms with Crippen LogP contribution in [0.3, 0.4) is 0 Å². The summed E-state index contributed by atoms with van der Waals surface area (Å²) in [5.74, 6) is 0.0503. The van der Waals surface area contributed by atoms with Gasteiger partial charge in [0.2, 0.25) is 0 Å². The summed E-state index contributed by atoms with van der Waals surface area (Å²) in [7, 11) is 0. The Hall–Kier alpha value is -2.67. The van der Waals surface area contributed by atoms with E-state index in [9.17, 15) is 9.59 Å². The van der Waals surface area contributed by atoms with Gasteiger partial charge in [-0.05, 0) is 48.2 Å². The lowest BCUT2D eigenvalue weighted by atomic mass is 10.2. The number of hydrazone groups is 1. The van der Waals surface area contributed by atoms with Crippen LogP contribution in [0.1, 0.15) is 22.2 Å². The molecule has 0 saturated carbocycles. The molecule has 0 bridgehead atoms. The minimum absolute atomic E-state index is 0.283. The monoisotopic (exact) mass is 318 g/mol. The minimum atomic E-state index is -0.611. The molecule has 1 N–H and O–H groups in total. The lowest BCUT2D eigenvalue weighted by Crippen LogP contribution is -2.18. The van der Waals surface area contributed by atoms with E-state index in [1.54, 1.807) is 43.3 Å². The number of benzene rings is 1. The second-order valence-corrected chi connectivity index (χ2v) is 4.97. The maximum Gasteiger partial charge on any atom is 0.427 e. The van der Waals surface area contributed by atoms with Crippen LogP contribution in [0.4, 0.5) is 4.79 Å². The number of nitrogens with one attached hydrogen (secondary N) is 1. The third-order valence-corrected chi connectivity index (χ3v) is 3.31. The summed E-state index contributed by atoms with van der Waals surface area (Å²) < 4.78 is 9.88. The highest BCUT2D eigenvalue weighted by Gasteiger charge is 2.08. The highest BCUT2D eigenvalue weighted by atomic mass is 32.1. The van der Waals surface area contributed by atoms with Crippen molar-refractivity contribution in [2.75, 3.05) is 6.61 Å². The Balaban J connectivity index is 1.89. The first-order chi connectivity index (χ1) is 10.7. The zero-order chi connectivity index (χ0) is 15.8. The van der Waals surface area contributed by atoms with Gasteiger partial charge in [-0.3, -0.25) is 0 Å². The van der Waals surface area contributed by atoms with Crippen molar-refractivity contribution in [3.05, 3.63) is 52.2 Å². The fourth-order valence-corrected chi connectivity index (χ4v) is 2.10. The predicted molar refractivity (Wildman–Crippen MR) is 83.5 cm³/mol. The molecule has 0 fully saturated rings. The summed E-state index contributed by atoms with van der Waals surface area (Å²) in [6.45, 7) is 1.99. The molecule has 0 atom stereocenters. The number of carbonyl (C=O) groups excluding carboxylic acids is 2. The summed E-state index contributed by atoms with van der Waals surface area (Å²) in [6, 6.07) is 10.2. The molecule has 0 radical (unpaired) electrons. The Morgan fingerprint density at radius 2 is 2.05 bits per heavy atom. The second kappa shape index (κ2) is 7.94. The van der Waals surface area contributed by atoms with Crippen LogP contribution in [0, 0.1) is 0 Å². The predicted octanol–water partition coefficient (Wildman–Crippen LogP) is 3.05. The number of rotatable bonds is 5. The molecule has 114 valence electrons. The van der Waals surface area contributed by atoms with Crippen molar-refractivity contribution in [2.45, 2.75) is 6.92 Å². The van der Waals surface area contributed by atoms with Gasteiger partial charge in [-0.2, -0.15) is 5.10 Å². The van der Waals surface area contributed by atoms with E-state index in [-0.39, 0.29) is 12.6 Å². The van der Waals surface area contributed by atoms with Gasteiger partial charge in [0, 0.05) is 0 Å². The van der Waals surface area contributed by atoms with E-state index in [0.29, 0.717) is 10.6 Å². The molecule has 0 spiro atoms. The van der Waals surface area contributed by atoms with E-state index in [4.69, 9.17) is 4.74 Å². The Morgan fingerprint density at radius 1 is 1.27 bits per heavy atom. The van der Waals surface area contributed by atoms with E-state index >= 15 is 0 Å². The van der Waals surface area contributed by atoms with Gasteiger partial charge in [0.05, 0.1) is 12.8 Å². The Morgan fingerprint density at radius 3 is 2.68 bits per heavy atom. The van der Waals surface area contributed by atoms with Crippen molar-refractivity contribution in [2.24, 2.45) is 5.10 Å². The van der Waals surface area contributed by atoms with E-state index in [1.165, 1.54) is 17.6 Å². The standard InChI is InChI=1S/C15H14N2O4S/c1-2-20-15(19)17-16-10-11-5-7-12(8-6-11)21-14(18)13-4-3-9-22-13/h3-10H,2H2,1H3,(H,17,19)/b16-10+. The number of nitrogens with zero attached hydrogens (tertiary/aromatic N) is 1. The van der Waals surface area contributed by atoms with E-state index in [1.807, 2.05) is 5.38 Å². The summed E-state index contributed by atoms with van der Waals surface area (Å²) in [4.78, 5) is 23.3. The van der Waals surface area contributed by atoms with Crippen LogP contribution in [0.15, 0.2) is 46.9 Å². The molecular weight excluding hydrogens is 304 g/mol. The number of amides is 1. The fourth-order valence-electron chi connectivity index (χ4n) is 1.50. The van der Waals surface area contributed by atoms with Crippen molar-refractivity contribution in [3.63, 3.8) is 0 Å². The third kappa shape index (κ3) is 4.71. The smallest absolute Gasteiger partial charge is 0.427 e. The maximum absolute atomic E-state index is 11.8. The average molecular weight is 318 g/mol. The van der Waals surface area contributed by atoms with Crippen LogP contribution in [0.2, 0.25) is 0 Å². The molecule has 2 aromatic rings. The van der Waals surface area contributed by atoms with Gasteiger partial charge in [0.1, 0.15) is 10.6 Å². The number of carbonyl (C=O) groups is 2. The highest BCUT2D eigenvalue weighted by Crippen LogP contribution is 2.16. The Bertz CT molecular complexity index is 651. The molecule has 7 heteroatoms. The summed E-state index contributed by atoms with van der Waals surface area (Å²) in [6.07, 6.45) is 0.849. The number of hydrogen-bond acceptors (Lipinski definition) is 6. The maximum atomic E-state index is 11.8. The van der Waals surface area contributed by atoms with Gasteiger partial charge in [0.25, 0.3) is 0 Å². The third-order valence-electron chi connectivity index (χ3n) is 2.46. The van der Waals surface area contributed by atoms with Gasteiger partial charge in [-0.25, -0.2) is 15.0 Å². The lowest BCUT2D eigenvalue weighted by molar-refractivity contribution is 0.0739. The summed E-state index contributed by atoms with van der Waals surface area (Å²) in [5.41, 5.74) is 2.96. The van der Waals surface area contributed by atoms with Crippen molar-refractivity contribution in [1.29, 1.82) is 0 Å². The van der Waals surface area contributed by atoms with Crippen molar-refractivity contribution >= 4 is 29.6 Å². The van der Waals surface area contributed by atoms with E-state index in [2.05, 4.69) is 15.3 Å². The molecule has 1 heterocycles. The van der Waals surface area contributed by atoms with Crippen molar-refractivity contribution in [3.8, 4) is 5.75 Å². The zero-order valence-electron chi connectivity index (χ0n) is 11.8. The first-order valence-electron chi connectivity index (χ1n) is 6.50. The Labute approximate surface area is 131 Å². The topological polar surface area (TPSA) is 77.0 Å². The van der Waals surface area contributed by atoms with Gasteiger partial charge in [-0.15, -0.1) is 11.3 Å². The minimum Gasteiger partial charge on any atom is -0.449 e. The molecular formula is C15H14N2O4S. The van der Waals surface area contributed by atoms with Crippen LogP contribution in [0.25, 0.3) is 0 Å². The van der Waals surface area contributed by atoms with Crippen LogP contribution >= 0.6 is 11.3 Å². The normalized spacial score (nSPS) is 10.4. The summed E-state index contributed by atoms with van der Waals surface area (Å²) >= 11 is 1.32. The first kappa shape index (κ1) is 15.7. The van der Waals surface area contributed by atoms with E-state index in [0.717, 1.165) is 5.56 Å². The molecule has 0 aliphatic rings. The zero-order valence-corrected chi connectivity index (χ0v) is 12.6. The molecule has 2 rings (SSSR count). The lowest BCUT2D eigenvalue weighted by Gasteiger charge is -2.03. The first-order valence-corrected chi connectivity index (χ1v) is 7.38. The van der Waals surface area contributed by atoms with Crippen LogP contribution in [0.5, 0.6) is 5.75 Å². The molecule has 0 aliphatic carbocycles. The average Bonchev–Trinajstić information content (AvgIpc) is 3.04. The number of hydrogen-bond donors (Lipinski definition) is 1. The molecule has 1 aromatic heterocycles. The fraction of sp³-hybridized carbons (Fsp3) is 0.133. The van der Waals surface area contributed by atoms with Crippen LogP contribution < -0.4 is 10.2 Å². The van der Waals surface area contributed by atoms with Gasteiger partial charge in [-0.1, -0.05) is 6.07 Å². The molecule has 1 aromatic carbocycles. The highest BCUT2D eigenvalue weighted by molar-refractivity contribution is 7.12. The van der Waals surface area contributed by atoms with Crippen LogP contribution in [-0.2, 0) is 4.74 Å². The number of thiophene rings is 1. The van der Waals surface area contributed by atoms with Gasteiger partial charge in [0.15, 0.2) is 0 Å². The SMILES string of the molecule is CCOC(=O)N/N=C/c1ccc(OC(=O)c2cccs2)cc1. The van der Waals surface area contributed by atoms with Gasteiger partial charge < -0.3 is 9.47 Å². The molecule has 0 saturated heterocycles. The van der Waals surface area contributed by atoms with Crippen LogP contribution in [-0.4, -0.2) is 24.9 Å². The van der Waals surface area contributed by atoms with Crippen molar-refractivity contribution in [1.82, 2.24) is 5.43 Å². The quantitative estimate of drug-likeness (QED) is 0.398. The second-order valence-electron chi connectivity index (χ2n) is 4.03. The molecule has 1 amide bonds. The van der Waals surface area contributed by atoms with Gasteiger partial charge >= 0.3 is 12.1 Å². The Kier molecular flexibility index (Phi) is 5.67. The summed E-state index contributed by atoms with van der Waals surface area (Å²) in [5, 5.41) is 5.55. The molecule has 0 unspecified atom stereocenters. The largest absolute Gasteiger partial charge is 0.449 e. The van der Waals surface area contributed by atoms with E-state index < -0.39 is 6.09 Å². The molecule has 0 aliphatic heterocycles.